The summed E-state index contributed by atoms with van der Waals surface area (Å²) < 4.78 is 0. The normalized spacial score (nSPS) is 23.3. The molecule has 6 nitrogen and oxygen atoms in total. The van der Waals surface area contributed by atoms with Crippen molar-refractivity contribution in [2.24, 2.45) is 17.3 Å². The van der Waals surface area contributed by atoms with Crippen molar-refractivity contribution >= 4 is 34.8 Å². The molecule has 2 aliphatic rings. The van der Waals surface area contributed by atoms with E-state index < -0.39 is 12.0 Å². The number of carbonyl (C=O) groups excluding carboxylic acids is 2. The third kappa shape index (κ3) is 6.88. The molecule has 0 spiro atoms. The zero-order chi connectivity index (χ0) is 25.8. The highest BCUT2D eigenvalue weighted by molar-refractivity contribution is 7.15. The van der Waals surface area contributed by atoms with Gasteiger partial charge in [0.05, 0.1) is 10.6 Å². The molecule has 35 heavy (non-hydrogen) atoms. The largest absolute Gasteiger partial charge is 0.477 e. The van der Waals surface area contributed by atoms with Crippen LogP contribution in [0.1, 0.15) is 101 Å². The topological polar surface area (TPSA) is 77.9 Å². The second-order valence-electron chi connectivity index (χ2n) is 11.1. The van der Waals surface area contributed by atoms with Gasteiger partial charge in [0.25, 0.3) is 0 Å². The molecule has 1 atom stereocenters. The minimum absolute atomic E-state index is 0.0632. The van der Waals surface area contributed by atoms with E-state index in [-0.39, 0.29) is 28.0 Å². The fourth-order valence-electron chi connectivity index (χ4n) is 4.98. The van der Waals surface area contributed by atoms with Crippen LogP contribution in [-0.4, -0.2) is 46.9 Å². The van der Waals surface area contributed by atoms with Crippen LogP contribution in [0.5, 0.6) is 0 Å². The zero-order valence-electron chi connectivity index (χ0n) is 21.9. The zero-order valence-corrected chi connectivity index (χ0v) is 22.7. The average Bonchev–Trinajstić information content (AvgIpc) is 3.14. The van der Waals surface area contributed by atoms with Gasteiger partial charge in [-0.2, -0.15) is 0 Å². The lowest BCUT2D eigenvalue weighted by atomic mass is 9.82. The minimum atomic E-state index is -1.09. The molecule has 0 radical (unpaired) electrons. The predicted octanol–water partition coefficient (Wildman–Crippen LogP) is 5.79. The minimum Gasteiger partial charge on any atom is -0.477 e. The van der Waals surface area contributed by atoms with Gasteiger partial charge in [0, 0.05) is 24.4 Å². The molecule has 1 aliphatic heterocycles. The molecule has 0 bridgehead atoms. The van der Waals surface area contributed by atoms with E-state index in [1.807, 2.05) is 32.6 Å². The molecule has 7 heteroatoms. The van der Waals surface area contributed by atoms with Crippen molar-refractivity contribution < 1.29 is 19.5 Å². The number of carboxylic acids is 1. The Kier molecular flexibility index (Phi) is 9.04. The Bertz CT molecular complexity index is 989. The summed E-state index contributed by atoms with van der Waals surface area (Å²) >= 11 is 1.09. The molecule has 1 aliphatic carbocycles. The standard InChI is InChI=1S/C28H40N2O4S/c1-6-16-29-17-8-7-9-22(26(29)32)30(25(31)20-12-10-19(2)11-13-20)23-18-21(14-15-28(3,4)5)35-24(23)27(33)34/h18-20,22H,6-13,16-17H2,1-5H3,(H,33,34)/t19-,20-,22-/m0/s1. The Morgan fingerprint density at radius 1 is 1.17 bits per heavy atom. The molecule has 0 unspecified atom stereocenters. The number of carboxylic acid groups (broad SMARTS) is 1. The molecule has 1 saturated heterocycles. The summed E-state index contributed by atoms with van der Waals surface area (Å²) in [4.78, 5) is 44.2. The van der Waals surface area contributed by atoms with E-state index in [1.54, 1.807) is 11.0 Å². The van der Waals surface area contributed by atoms with Gasteiger partial charge in [0.15, 0.2) is 0 Å². The molecule has 2 fully saturated rings. The first-order valence-corrected chi connectivity index (χ1v) is 13.9. The molecular weight excluding hydrogens is 460 g/mol. The first-order chi connectivity index (χ1) is 16.5. The van der Waals surface area contributed by atoms with E-state index in [2.05, 4.69) is 18.8 Å². The molecule has 0 aromatic carbocycles. The van der Waals surface area contributed by atoms with Crippen LogP contribution in [0.4, 0.5) is 5.69 Å². The number of rotatable bonds is 6. The lowest BCUT2D eigenvalue weighted by molar-refractivity contribution is -0.135. The number of likely N-dealkylation sites (tertiary alicyclic amines) is 1. The number of anilines is 1. The Morgan fingerprint density at radius 3 is 2.46 bits per heavy atom. The van der Waals surface area contributed by atoms with E-state index in [4.69, 9.17) is 0 Å². The molecular formula is C28H40N2O4S. The van der Waals surface area contributed by atoms with Gasteiger partial charge in [-0.1, -0.05) is 25.7 Å². The predicted molar refractivity (Wildman–Crippen MR) is 141 cm³/mol. The van der Waals surface area contributed by atoms with Crippen LogP contribution >= 0.6 is 11.3 Å². The summed E-state index contributed by atoms with van der Waals surface area (Å²) in [6.07, 6.45) is 6.61. The van der Waals surface area contributed by atoms with E-state index in [0.717, 1.165) is 56.3 Å². The lowest BCUT2D eigenvalue weighted by Gasteiger charge is -2.36. The van der Waals surface area contributed by atoms with Crippen molar-refractivity contribution in [2.75, 3.05) is 18.0 Å². The second kappa shape index (κ2) is 11.6. The number of carbonyl (C=O) groups is 3. The fourth-order valence-corrected chi connectivity index (χ4v) is 5.83. The van der Waals surface area contributed by atoms with Gasteiger partial charge in [-0.25, -0.2) is 4.79 Å². The first kappa shape index (κ1) is 27.3. The Balaban J connectivity index is 2.09. The fraction of sp³-hybridized carbons (Fsp3) is 0.679. The Hall–Kier alpha value is -2.33. The molecule has 1 saturated carbocycles. The molecule has 192 valence electrons. The summed E-state index contributed by atoms with van der Waals surface area (Å²) in [6.45, 7) is 11.6. The molecule has 1 aromatic heterocycles. The summed E-state index contributed by atoms with van der Waals surface area (Å²) in [7, 11) is 0. The molecule has 3 rings (SSSR count). The number of hydrogen-bond donors (Lipinski definition) is 1. The number of thiophene rings is 1. The SMILES string of the molecule is CCCN1CCCC[C@H](N(c2cc(C#CC(C)(C)C)sc2C(=O)O)C(=O)[C@H]2CC[C@H](C)CC2)C1=O. The highest BCUT2D eigenvalue weighted by Crippen LogP contribution is 2.37. The van der Waals surface area contributed by atoms with Crippen LogP contribution in [0.3, 0.4) is 0 Å². The lowest BCUT2D eigenvalue weighted by Crippen LogP contribution is -2.52. The van der Waals surface area contributed by atoms with Crippen LogP contribution in [0.25, 0.3) is 0 Å². The van der Waals surface area contributed by atoms with Crippen molar-refractivity contribution in [1.82, 2.24) is 4.90 Å². The van der Waals surface area contributed by atoms with E-state index in [0.29, 0.717) is 36.0 Å². The van der Waals surface area contributed by atoms with E-state index in [9.17, 15) is 19.5 Å². The van der Waals surface area contributed by atoms with Gasteiger partial charge in [-0.15, -0.1) is 11.3 Å². The Labute approximate surface area is 214 Å². The third-order valence-corrected chi connectivity index (χ3v) is 7.91. The van der Waals surface area contributed by atoms with Crippen LogP contribution < -0.4 is 4.90 Å². The molecule has 2 amide bonds. The van der Waals surface area contributed by atoms with Crippen LogP contribution in [0, 0.1) is 29.1 Å². The van der Waals surface area contributed by atoms with Crippen LogP contribution in [0.15, 0.2) is 6.07 Å². The number of hydrogen-bond acceptors (Lipinski definition) is 4. The van der Waals surface area contributed by atoms with Crippen molar-refractivity contribution in [2.45, 2.75) is 92.0 Å². The van der Waals surface area contributed by atoms with Crippen molar-refractivity contribution in [3.8, 4) is 11.8 Å². The number of amides is 2. The molecule has 1 N–H and O–H groups in total. The number of aromatic carboxylic acids is 1. The van der Waals surface area contributed by atoms with Crippen molar-refractivity contribution in [1.29, 1.82) is 0 Å². The summed E-state index contributed by atoms with van der Waals surface area (Å²) in [5.41, 5.74) is 0.0979. The van der Waals surface area contributed by atoms with Crippen molar-refractivity contribution in [3.63, 3.8) is 0 Å². The maximum absolute atomic E-state index is 14.1. The van der Waals surface area contributed by atoms with Gasteiger partial charge in [-0.3, -0.25) is 14.5 Å². The Morgan fingerprint density at radius 2 is 1.86 bits per heavy atom. The van der Waals surface area contributed by atoms with Gasteiger partial charge >= 0.3 is 5.97 Å². The number of nitrogens with zero attached hydrogens (tertiary/aromatic N) is 2. The quantitative estimate of drug-likeness (QED) is 0.501. The average molecular weight is 501 g/mol. The first-order valence-electron chi connectivity index (χ1n) is 13.0. The van der Waals surface area contributed by atoms with E-state index in [1.165, 1.54) is 0 Å². The molecule has 2 heterocycles. The third-order valence-electron chi connectivity index (χ3n) is 6.89. The smallest absolute Gasteiger partial charge is 0.348 e. The highest BCUT2D eigenvalue weighted by atomic mass is 32.1. The summed E-state index contributed by atoms with van der Waals surface area (Å²) in [5.74, 6) is 5.41. The summed E-state index contributed by atoms with van der Waals surface area (Å²) in [6, 6.07) is 1.05. The van der Waals surface area contributed by atoms with Crippen molar-refractivity contribution in [3.05, 3.63) is 15.8 Å². The second-order valence-corrected chi connectivity index (χ2v) is 12.2. The monoisotopic (exact) mass is 500 g/mol. The highest BCUT2D eigenvalue weighted by Gasteiger charge is 2.40. The van der Waals surface area contributed by atoms with Gasteiger partial charge in [-0.05, 0) is 84.1 Å². The van der Waals surface area contributed by atoms with Crippen LogP contribution in [-0.2, 0) is 9.59 Å². The maximum Gasteiger partial charge on any atom is 0.348 e. The van der Waals surface area contributed by atoms with E-state index >= 15 is 0 Å². The van der Waals surface area contributed by atoms with Crippen LogP contribution in [0.2, 0.25) is 0 Å². The summed E-state index contributed by atoms with van der Waals surface area (Å²) in [5, 5.41) is 10.1. The van der Waals surface area contributed by atoms with Gasteiger partial charge in [0.2, 0.25) is 11.8 Å². The molecule has 1 aromatic rings. The van der Waals surface area contributed by atoms with Gasteiger partial charge < -0.3 is 10.0 Å². The van der Waals surface area contributed by atoms with Gasteiger partial charge in [0.1, 0.15) is 10.9 Å². The maximum atomic E-state index is 14.1.